The summed E-state index contributed by atoms with van der Waals surface area (Å²) in [4.78, 5) is 31.2. The maximum absolute atomic E-state index is 13.5. The van der Waals surface area contributed by atoms with Crippen LogP contribution in [0.4, 0.5) is 5.69 Å². The molecule has 6 heteroatoms. The van der Waals surface area contributed by atoms with Crippen LogP contribution in [0.25, 0.3) is 5.57 Å². The van der Waals surface area contributed by atoms with Gasteiger partial charge in [-0.25, -0.2) is 0 Å². The van der Waals surface area contributed by atoms with Gasteiger partial charge in [0.05, 0.1) is 0 Å². The molecule has 35 heavy (non-hydrogen) atoms. The second-order valence-corrected chi connectivity index (χ2v) is 9.76. The fraction of sp³-hybridized carbons (Fsp3) is 0.448. The molecule has 1 aliphatic carbocycles. The number of nitrogens with zero attached hydrogens (tertiary/aromatic N) is 1. The van der Waals surface area contributed by atoms with Crippen LogP contribution < -0.4 is 15.8 Å². The summed E-state index contributed by atoms with van der Waals surface area (Å²) < 4.78 is 5.60. The number of anilines is 1. The van der Waals surface area contributed by atoms with Gasteiger partial charge in [-0.2, -0.15) is 0 Å². The summed E-state index contributed by atoms with van der Waals surface area (Å²) in [7, 11) is 0. The smallest absolute Gasteiger partial charge is 0.253 e. The molecule has 1 aromatic heterocycles. The zero-order valence-corrected chi connectivity index (χ0v) is 21.5. The number of hydrogen-bond acceptors (Lipinski definition) is 4. The molecule has 186 valence electrons. The van der Waals surface area contributed by atoms with E-state index in [9.17, 15) is 9.59 Å². The number of rotatable bonds is 7. The molecule has 6 nitrogen and oxygen atoms in total. The summed E-state index contributed by atoms with van der Waals surface area (Å²) in [6, 6.07) is 6.54. The largest absolute Gasteiger partial charge is 0.381 e. The molecule has 0 bridgehead atoms. The number of pyridine rings is 1. The monoisotopic (exact) mass is 475 g/mol. The van der Waals surface area contributed by atoms with E-state index in [1.54, 1.807) is 0 Å². The first-order valence-corrected chi connectivity index (χ1v) is 12.7. The van der Waals surface area contributed by atoms with E-state index >= 15 is 0 Å². The van der Waals surface area contributed by atoms with Gasteiger partial charge in [-0.05, 0) is 86.9 Å². The molecular weight excluding hydrogens is 438 g/mol. The summed E-state index contributed by atoms with van der Waals surface area (Å²) in [6.07, 6.45) is 8.51. The number of nitrogens with one attached hydrogen (secondary N) is 2. The summed E-state index contributed by atoms with van der Waals surface area (Å²) >= 11 is 0. The van der Waals surface area contributed by atoms with Crippen molar-refractivity contribution in [3.63, 3.8) is 0 Å². The Hall–Kier alpha value is -3.12. The Balaban J connectivity index is 1.70. The van der Waals surface area contributed by atoms with Crippen LogP contribution in [-0.4, -0.2) is 36.7 Å². The van der Waals surface area contributed by atoms with E-state index in [4.69, 9.17) is 4.74 Å². The average molecular weight is 476 g/mol. The molecule has 1 aliphatic heterocycles. The topological polar surface area (TPSA) is 74.4 Å². The highest BCUT2D eigenvalue weighted by atomic mass is 16.5. The molecule has 2 heterocycles. The Morgan fingerprint density at radius 2 is 1.91 bits per heavy atom. The molecule has 0 saturated carbocycles. The van der Waals surface area contributed by atoms with Crippen molar-refractivity contribution in [3.05, 3.63) is 80.3 Å². The first-order chi connectivity index (χ1) is 16.8. The fourth-order valence-corrected chi connectivity index (χ4v) is 5.23. The number of hydrogen-bond donors (Lipinski definition) is 2. The number of carbonyl (C=O) groups is 1. The zero-order valence-electron chi connectivity index (χ0n) is 21.5. The molecule has 1 atom stereocenters. The van der Waals surface area contributed by atoms with Crippen LogP contribution in [0.1, 0.15) is 65.0 Å². The molecule has 2 aliphatic rings. The van der Waals surface area contributed by atoms with Crippen LogP contribution >= 0.6 is 0 Å². The van der Waals surface area contributed by atoms with Crippen molar-refractivity contribution in [3.8, 4) is 0 Å². The van der Waals surface area contributed by atoms with E-state index in [0.29, 0.717) is 23.1 Å². The predicted molar refractivity (Wildman–Crippen MR) is 142 cm³/mol. The van der Waals surface area contributed by atoms with Gasteiger partial charge in [-0.3, -0.25) is 9.59 Å². The molecule has 1 fully saturated rings. The molecular formula is C29H37N3O3. The quantitative estimate of drug-likeness (QED) is 0.602. The lowest BCUT2D eigenvalue weighted by Gasteiger charge is -2.37. The molecule has 2 aromatic rings. The molecule has 4 rings (SSSR count). The van der Waals surface area contributed by atoms with Crippen molar-refractivity contribution in [2.45, 2.75) is 60.0 Å². The van der Waals surface area contributed by atoms with Crippen molar-refractivity contribution in [2.75, 3.05) is 24.7 Å². The second kappa shape index (κ2) is 10.6. The standard InChI is InChI=1S/C29H37N3O3/c1-6-32(24-9-11-35-12-10-24)27-16-23(22-8-7-18(2)13-22)15-25(21(27)5)28(33)30-17-26-19(3)14-20(4)31-29(26)34/h7-8,13-16,18,24H,6,9-12,17H2,1-5H3,(H,30,33)(H,31,34). The SMILES string of the molecule is CCN(c1cc(C2=CC(C)C=C2)cc(C(=O)NCc2c(C)cc(C)[nH]c2=O)c1C)C1CCOCC1. The maximum Gasteiger partial charge on any atom is 0.253 e. The van der Waals surface area contributed by atoms with Gasteiger partial charge in [-0.1, -0.05) is 25.2 Å². The Morgan fingerprint density at radius 1 is 1.17 bits per heavy atom. The first-order valence-electron chi connectivity index (χ1n) is 12.7. The van der Waals surface area contributed by atoms with Crippen LogP contribution in [0, 0.1) is 26.7 Å². The van der Waals surface area contributed by atoms with Crippen LogP contribution in [0.3, 0.4) is 0 Å². The van der Waals surface area contributed by atoms with Crippen molar-refractivity contribution in [1.29, 1.82) is 0 Å². The molecule has 0 radical (unpaired) electrons. The third kappa shape index (κ3) is 5.43. The van der Waals surface area contributed by atoms with Gasteiger partial charge in [-0.15, -0.1) is 0 Å². The van der Waals surface area contributed by atoms with Gasteiger partial charge in [0.15, 0.2) is 0 Å². The lowest BCUT2D eigenvalue weighted by molar-refractivity contribution is 0.0845. The number of aromatic nitrogens is 1. The molecule has 1 amide bonds. The van der Waals surface area contributed by atoms with E-state index in [0.717, 1.165) is 66.2 Å². The zero-order chi connectivity index (χ0) is 25.1. The third-order valence-electron chi connectivity index (χ3n) is 7.18. The lowest BCUT2D eigenvalue weighted by Crippen LogP contribution is -2.40. The minimum absolute atomic E-state index is 0.152. The van der Waals surface area contributed by atoms with Crippen LogP contribution in [0.2, 0.25) is 0 Å². The van der Waals surface area contributed by atoms with Gasteiger partial charge in [0.25, 0.3) is 11.5 Å². The molecule has 1 aromatic carbocycles. The van der Waals surface area contributed by atoms with Gasteiger partial charge in [0.2, 0.25) is 0 Å². The predicted octanol–water partition coefficient (Wildman–Crippen LogP) is 4.82. The molecule has 2 N–H and O–H groups in total. The summed E-state index contributed by atoms with van der Waals surface area (Å²) in [5, 5.41) is 3.01. The molecule has 0 spiro atoms. The van der Waals surface area contributed by atoms with Crippen LogP contribution in [0.5, 0.6) is 0 Å². The number of aromatic amines is 1. The van der Waals surface area contributed by atoms with Gasteiger partial charge < -0.3 is 19.9 Å². The van der Waals surface area contributed by atoms with Crippen molar-refractivity contribution in [2.24, 2.45) is 5.92 Å². The number of aryl methyl sites for hydroxylation is 2. The lowest BCUT2D eigenvalue weighted by atomic mass is 9.95. The van der Waals surface area contributed by atoms with Crippen molar-refractivity contribution >= 4 is 17.2 Å². The molecule has 1 unspecified atom stereocenters. The number of ether oxygens (including phenoxy) is 1. The first kappa shape index (κ1) is 25.0. The Labute approximate surface area is 208 Å². The average Bonchev–Trinajstić information content (AvgIpc) is 3.26. The van der Waals surface area contributed by atoms with E-state index in [1.165, 1.54) is 0 Å². The normalized spacial score (nSPS) is 18.0. The fourth-order valence-electron chi connectivity index (χ4n) is 5.23. The van der Waals surface area contributed by atoms with Gasteiger partial charge in [0, 0.05) is 54.9 Å². The highest BCUT2D eigenvalue weighted by Gasteiger charge is 2.25. The summed E-state index contributed by atoms with van der Waals surface area (Å²) in [6.45, 7) is 12.7. The third-order valence-corrected chi connectivity index (χ3v) is 7.18. The van der Waals surface area contributed by atoms with E-state index < -0.39 is 0 Å². The Kier molecular flexibility index (Phi) is 7.60. The van der Waals surface area contributed by atoms with Crippen LogP contribution in [0.15, 0.2) is 41.2 Å². The molecule has 1 saturated heterocycles. The van der Waals surface area contributed by atoms with Crippen molar-refractivity contribution in [1.82, 2.24) is 10.3 Å². The highest BCUT2D eigenvalue weighted by Crippen LogP contribution is 2.34. The van der Waals surface area contributed by atoms with Gasteiger partial charge in [0.1, 0.15) is 0 Å². The van der Waals surface area contributed by atoms with E-state index in [2.05, 4.69) is 53.3 Å². The Bertz CT molecular complexity index is 1220. The van der Waals surface area contributed by atoms with E-state index in [-0.39, 0.29) is 18.0 Å². The summed E-state index contributed by atoms with van der Waals surface area (Å²) in [5.74, 6) is 0.213. The second-order valence-electron chi connectivity index (χ2n) is 9.76. The number of H-pyrrole nitrogens is 1. The number of benzene rings is 1. The van der Waals surface area contributed by atoms with Crippen LogP contribution in [-0.2, 0) is 11.3 Å². The summed E-state index contributed by atoms with van der Waals surface area (Å²) in [5.41, 5.74) is 7.03. The van der Waals surface area contributed by atoms with Crippen molar-refractivity contribution < 1.29 is 9.53 Å². The Morgan fingerprint density at radius 3 is 2.54 bits per heavy atom. The van der Waals surface area contributed by atoms with Gasteiger partial charge >= 0.3 is 0 Å². The number of carbonyl (C=O) groups excluding carboxylic acids is 1. The number of amides is 1. The minimum Gasteiger partial charge on any atom is -0.381 e. The minimum atomic E-state index is -0.163. The maximum atomic E-state index is 13.5. The number of allylic oxidation sites excluding steroid dienone is 4. The van der Waals surface area contributed by atoms with E-state index in [1.807, 2.05) is 32.9 Å². The highest BCUT2D eigenvalue weighted by molar-refractivity contribution is 5.99.